The van der Waals surface area contributed by atoms with Crippen LogP contribution in [0.25, 0.3) is 10.9 Å². The predicted molar refractivity (Wildman–Crippen MR) is 95.9 cm³/mol. The number of ether oxygens (including phenoxy) is 2. The molecule has 1 heterocycles. The van der Waals surface area contributed by atoms with Crippen LogP contribution in [0, 0.1) is 0 Å². The Bertz CT molecular complexity index is 1150. The molecule has 0 saturated heterocycles. The zero-order valence-corrected chi connectivity index (χ0v) is 15.2. The summed E-state index contributed by atoms with van der Waals surface area (Å²) in [6, 6.07) is 10.4. The van der Waals surface area contributed by atoms with Crippen molar-refractivity contribution in [2.45, 2.75) is 9.79 Å². The van der Waals surface area contributed by atoms with Gasteiger partial charge in [0, 0.05) is 18.5 Å². The average Bonchev–Trinajstić information content (AvgIpc) is 2.65. The van der Waals surface area contributed by atoms with Crippen LogP contribution in [0.15, 0.2) is 57.1 Å². The van der Waals surface area contributed by atoms with Crippen LogP contribution in [0.5, 0.6) is 17.2 Å². The van der Waals surface area contributed by atoms with Crippen LogP contribution in [0.4, 0.5) is 0 Å². The molecule has 0 fully saturated rings. The summed E-state index contributed by atoms with van der Waals surface area (Å²) in [4.78, 5) is 12.0. The zero-order valence-electron chi connectivity index (χ0n) is 14.4. The quantitative estimate of drug-likeness (QED) is 0.750. The fraction of sp³-hybridized carbons (Fsp3) is 0.167. The van der Waals surface area contributed by atoms with E-state index in [1.807, 2.05) is 0 Å². The summed E-state index contributed by atoms with van der Waals surface area (Å²) >= 11 is 0. The van der Waals surface area contributed by atoms with Crippen molar-refractivity contribution in [1.29, 1.82) is 0 Å². The molecule has 0 amide bonds. The standard InChI is InChI=1S/C18H17NO6S/c1-19-13-10-15(25-3)14(24-2)9-12(13)16(20)17(18(19)21)26(22,23)11-7-5-4-6-8-11/h4-10,20H,1-3H3. The molecule has 0 aliphatic rings. The fourth-order valence-electron chi connectivity index (χ4n) is 2.78. The molecule has 1 N–H and O–H groups in total. The minimum atomic E-state index is -4.20. The molecule has 136 valence electrons. The van der Waals surface area contributed by atoms with Crippen molar-refractivity contribution in [3.05, 3.63) is 52.8 Å². The number of nitrogens with zero attached hydrogens (tertiary/aromatic N) is 1. The lowest BCUT2D eigenvalue weighted by Crippen LogP contribution is -2.24. The first-order valence-corrected chi connectivity index (χ1v) is 9.09. The van der Waals surface area contributed by atoms with Crippen LogP contribution in [0.2, 0.25) is 0 Å². The molecule has 8 heteroatoms. The molecule has 0 spiro atoms. The van der Waals surface area contributed by atoms with Crippen LogP contribution in [0.1, 0.15) is 0 Å². The van der Waals surface area contributed by atoms with E-state index in [9.17, 15) is 18.3 Å². The largest absolute Gasteiger partial charge is 0.506 e. The highest BCUT2D eigenvalue weighted by molar-refractivity contribution is 7.91. The lowest BCUT2D eigenvalue weighted by molar-refractivity contribution is 0.355. The molecule has 2 aromatic carbocycles. The van der Waals surface area contributed by atoms with Crippen molar-refractivity contribution in [1.82, 2.24) is 4.57 Å². The molecule has 26 heavy (non-hydrogen) atoms. The average molecular weight is 375 g/mol. The molecule has 0 saturated carbocycles. The van der Waals surface area contributed by atoms with Crippen LogP contribution in [-0.2, 0) is 16.9 Å². The molecular formula is C18H17NO6S. The van der Waals surface area contributed by atoms with Gasteiger partial charge in [0.15, 0.2) is 16.4 Å². The van der Waals surface area contributed by atoms with Crippen LogP contribution >= 0.6 is 0 Å². The third-order valence-electron chi connectivity index (χ3n) is 4.15. The molecular weight excluding hydrogens is 358 g/mol. The number of fused-ring (bicyclic) bond motifs is 1. The number of aromatic nitrogens is 1. The number of benzene rings is 2. The summed E-state index contributed by atoms with van der Waals surface area (Å²) in [5.74, 6) is 0.0398. The number of rotatable bonds is 4. The second-order valence-corrected chi connectivity index (χ2v) is 7.47. The Hall–Kier alpha value is -3.00. The van der Waals surface area contributed by atoms with Gasteiger partial charge in [0.05, 0.1) is 24.6 Å². The Morgan fingerprint density at radius 3 is 2.15 bits per heavy atom. The lowest BCUT2D eigenvalue weighted by atomic mass is 10.1. The number of aromatic hydroxyl groups is 1. The third-order valence-corrected chi connectivity index (χ3v) is 5.95. The van der Waals surface area contributed by atoms with Crippen molar-refractivity contribution in [3.63, 3.8) is 0 Å². The van der Waals surface area contributed by atoms with E-state index >= 15 is 0 Å². The van der Waals surface area contributed by atoms with Gasteiger partial charge < -0.3 is 19.1 Å². The number of aryl methyl sites for hydroxylation is 1. The number of sulfone groups is 1. The lowest BCUT2D eigenvalue weighted by Gasteiger charge is -2.15. The fourth-order valence-corrected chi connectivity index (χ4v) is 4.26. The first kappa shape index (κ1) is 17.8. The van der Waals surface area contributed by atoms with E-state index in [-0.39, 0.29) is 10.3 Å². The van der Waals surface area contributed by atoms with E-state index in [0.29, 0.717) is 17.0 Å². The van der Waals surface area contributed by atoms with Gasteiger partial charge in [-0.25, -0.2) is 8.42 Å². The molecule has 3 aromatic rings. The first-order valence-electron chi connectivity index (χ1n) is 7.60. The van der Waals surface area contributed by atoms with Crippen molar-refractivity contribution >= 4 is 20.7 Å². The summed E-state index contributed by atoms with van der Waals surface area (Å²) < 4.78 is 37.4. The van der Waals surface area contributed by atoms with Crippen LogP contribution in [0.3, 0.4) is 0 Å². The maximum atomic E-state index is 12.9. The van der Waals surface area contributed by atoms with Gasteiger partial charge >= 0.3 is 0 Å². The highest BCUT2D eigenvalue weighted by Gasteiger charge is 2.29. The van der Waals surface area contributed by atoms with Crippen molar-refractivity contribution < 1.29 is 23.0 Å². The van der Waals surface area contributed by atoms with Gasteiger partial charge in [0.2, 0.25) is 9.84 Å². The summed E-state index contributed by atoms with van der Waals surface area (Å²) in [6.45, 7) is 0. The van der Waals surface area contributed by atoms with Gasteiger partial charge in [0.25, 0.3) is 5.56 Å². The van der Waals surface area contributed by atoms with E-state index in [1.54, 1.807) is 18.2 Å². The van der Waals surface area contributed by atoms with Crippen molar-refractivity contribution in [2.75, 3.05) is 14.2 Å². The van der Waals surface area contributed by atoms with E-state index in [4.69, 9.17) is 9.47 Å². The molecule has 0 radical (unpaired) electrons. The normalized spacial score (nSPS) is 11.5. The Morgan fingerprint density at radius 1 is 1.00 bits per heavy atom. The second kappa shape index (κ2) is 6.38. The molecule has 3 rings (SSSR count). The molecule has 0 aliphatic heterocycles. The summed E-state index contributed by atoms with van der Waals surface area (Å²) in [7, 11) is 0.0870. The zero-order chi connectivity index (χ0) is 19.1. The van der Waals surface area contributed by atoms with E-state index in [2.05, 4.69) is 0 Å². The van der Waals surface area contributed by atoms with Crippen molar-refractivity contribution in [2.24, 2.45) is 7.05 Å². The highest BCUT2D eigenvalue weighted by atomic mass is 32.2. The van der Waals surface area contributed by atoms with E-state index < -0.39 is 26.0 Å². The Kier molecular flexibility index (Phi) is 4.37. The number of methoxy groups -OCH3 is 2. The van der Waals surface area contributed by atoms with Crippen LogP contribution in [-0.4, -0.2) is 32.3 Å². The molecule has 0 aliphatic carbocycles. The molecule has 0 unspecified atom stereocenters. The SMILES string of the molecule is COc1cc2c(O)c(S(=O)(=O)c3ccccc3)c(=O)n(C)c2cc1OC. The Labute approximate surface area is 150 Å². The Balaban J connectivity index is 2.44. The van der Waals surface area contributed by atoms with Gasteiger partial charge in [-0.05, 0) is 18.2 Å². The minimum absolute atomic E-state index is 0.0766. The minimum Gasteiger partial charge on any atom is -0.506 e. The number of hydrogen-bond donors (Lipinski definition) is 1. The van der Waals surface area contributed by atoms with Gasteiger partial charge in [0.1, 0.15) is 5.75 Å². The summed E-state index contributed by atoms with van der Waals surface area (Å²) in [6.07, 6.45) is 0. The second-order valence-electron chi connectivity index (χ2n) is 5.58. The molecule has 7 nitrogen and oxygen atoms in total. The van der Waals surface area contributed by atoms with Gasteiger partial charge in [-0.3, -0.25) is 4.79 Å². The maximum Gasteiger partial charge on any atom is 0.273 e. The monoisotopic (exact) mass is 375 g/mol. The number of pyridine rings is 1. The highest BCUT2D eigenvalue weighted by Crippen LogP contribution is 2.38. The van der Waals surface area contributed by atoms with E-state index in [0.717, 1.165) is 4.57 Å². The number of hydrogen-bond acceptors (Lipinski definition) is 6. The van der Waals surface area contributed by atoms with Crippen molar-refractivity contribution in [3.8, 4) is 17.2 Å². The van der Waals surface area contributed by atoms with E-state index in [1.165, 1.54) is 45.5 Å². The first-order chi connectivity index (χ1) is 12.3. The van der Waals surface area contributed by atoms with Crippen LogP contribution < -0.4 is 15.0 Å². The van der Waals surface area contributed by atoms with Gasteiger partial charge in [-0.2, -0.15) is 0 Å². The summed E-state index contributed by atoms with van der Waals surface area (Å²) in [5, 5.41) is 10.8. The topological polar surface area (TPSA) is 94.8 Å². The smallest absolute Gasteiger partial charge is 0.273 e. The third kappa shape index (κ3) is 2.59. The Morgan fingerprint density at radius 2 is 1.58 bits per heavy atom. The van der Waals surface area contributed by atoms with Gasteiger partial charge in [-0.15, -0.1) is 0 Å². The maximum absolute atomic E-state index is 12.9. The molecule has 0 bridgehead atoms. The predicted octanol–water partition coefficient (Wildman–Crippen LogP) is 2.09. The van der Waals surface area contributed by atoms with Gasteiger partial charge in [-0.1, -0.05) is 18.2 Å². The molecule has 1 aromatic heterocycles. The molecule has 0 atom stereocenters. The summed E-state index contributed by atoms with van der Waals surface area (Å²) in [5.41, 5.74) is -0.511.